The molecule has 2 unspecified atom stereocenters. The molecule has 2 rings (SSSR count). The van der Waals surface area contributed by atoms with E-state index in [0.717, 1.165) is 10.5 Å². The molecule has 106 valence electrons. The van der Waals surface area contributed by atoms with Crippen molar-refractivity contribution >= 4 is 18.1 Å². The van der Waals surface area contributed by atoms with Crippen molar-refractivity contribution < 1.29 is 19.4 Å². The molecule has 5 heteroatoms. The number of nitrogens with zero attached hydrogens (tertiary/aromatic N) is 1. The Bertz CT molecular complexity index is 512. The molecule has 2 atom stereocenters. The van der Waals surface area contributed by atoms with Crippen LogP contribution >= 0.6 is 0 Å². The van der Waals surface area contributed by atoms with Gasteiger partial charge >= 0.3 is 6.09 Å². The van der Waals surface area contributed by atoms with Crippen LogP contribution in [0.5, 0.6) is 0 Å². The highest BCUT2D eigenvalue weighted by atomic mass is 16.6. The molecule has 1 aromatic carbocycles. The molecule has 1 N–H and O–H groups in total. The number of imide groups is 1. The molecule has 1 aliphatic heterocycles. The van der Waals surface area contributed by atoms with Gasteiger partial charge in [0.2, 0.25) is 5.91 Å². The zero-order chi connectivity index (χ0) is 14.5. The third kappa shape index (κ3) is 3.68. The quantitative estimate of drug-likeness (QED) is 0.910. The highest BCUT2D eigenvalue weighted by molar-refractivity contribution is 5.93. The van der Waals surface area contributed by atoms with Gasteiger partial charge in [0.1, 0.15) is 6.10 Å². The number of carbonyl (C=O) groups is 2. The summed E-state index contributed by atoms with van der Waals surface area (Å²) in [5.74, 6) is -0.426. The smallest absolute Gasteiger partial charge is 0.416 e. The zero-order valence-corrected chi connectivity index (χ0v) is 11.2. The lowest BCUT2D eigenvalue weighted by molar-refractivity contribution is -0.129. The van der Waals surface area contributed by atoms with Gasteiger partial charge in [-0.2, -0.15) is 0 Å². The molecule has 20 heavy (non-hydrogen) atoms. The van der Waals surface area contributed by atoms with Gasteiger partial charge in [-0.3, -0.25) is 4.79 Å². The number of benzene rings is 1. The average Bonchev–Trinajstić information content (AvgIpc) is 2.77. The maximum Gasteiger partial charge on any atom is 0.416 e. The van der Waals surface area contributed by atoms with E-state index < -0.39 is 18.1 Å². The van der Waals surface area contributed by atoms with Crippen molar-refractivity contribution in [1.82, 2.24) is 4.90 Å². The number of ether oxygens (including phenoxy) is 1. The first-order valence-corrected chi connectivity index (χ1v) is 6.48. The lowest BCUT2D eigenvalue weighted by Crippen LogP contribution is -2.34. The molecule has 2 amide bonds. The van der Waals surface area contributed by atoms with E-state index in [4.69, 9.17) is 4.74 Å². The Morgan fingerprint density at radius 2 is 2.20 bits per heavy atom. The molecular formula is C15H17NO4. The highest BCUT2D eigenvalue weighted by Gasteiger charge is 2.33. The van der Waals surface area contributed by atoms with Crippen LogP contribution in [0.3, 0.4) is 0 Å². The van der Waals surface area contributed by atoms with Gasteiger partial charge in [0.05, 0.1) is 19.1 Å². The minimum atomic E-state index is -0.925. The average molecular weight is 275 g/mol. The third-order valence-electron chi connectivity index (χ3n) is 2.96. The van der Waals surface area contributed by atoms with Crippen molar-refractivity contribution in [2.45, 2.75) is 25.6 Å². The first kappa shape index (κ1) is 14.3. The van der Waals surface area contributed by atoms with Crippen molar-refractivity contribution in [1.29, 1.82) is 0 Å². The van der Waals surface area contributed by atoms with Crippen LogP contribution in [0.2, 0.25) is 0 Å². The fraction of sp³-hybridized carbons (Fsp3) is 0.333. The van der Waals surface area contributed by atoms with Gasteiger partial charge in [0.25, 0.3) is 0 Å². The monoisotopic (exact) mass is 275 g/mol. The van der Waals surface area contributed by atoms with E-state index in [1.54, 1.807) is 13.0 Å². The Hall–Kier alpha value is -2.14. The van der Waals surface area contributed by atoms with Gasteiger partial charge in [-0.25, -0.2) is 9.69 Å². The Morgan fingerprint density at radius 3 is 2.80 bits per heavy atom. The molecule has 0 saturated carbocycles. The molecule has 5 nitrogen and oxygen atoms in total. The van der Waals surface area contributed by atoms with Gasteiger partial charge in [0.15, 0.2) is 0 Å². The Labute approximate surface area is 117 Å². The first-order valence-electron chi connectivity index (χ1n) is 6.48. The van der Waals surface area contributed by atoms with Gasteiger partial charge in [-0.05, 0) is 12.5 Å². The number of cyclic esters (lactones) is 1. The predicted molar refractivity (Wildman–Crippen MR) is 73.8 cm³/mol. The van der Waals surface area contributed by atoms with E-state index in [9.17, 15) is 14.7 Å². The highest BCUT2D eigenvalue weighted by Crippen LogP contribution is 2.13. The number of rotatable bonds is 4. The van der Waals surface area contributed by atoms with Crippen LogP contribution in [0.15, 0.2) is 36.4 Å². The van der Waals surface area contributed by atoms with Crippen LogP contribution in [0.4, 0.5) is 4.79 Å². The molecule has 0 radical (unpaired) electrons. The van der Waals surface area contributed by atoms with Gasteiger partial charge in [-0.1, -0.05) is 42.5 Å². The summed E-state index contributed by atoms with van der Waals surface area (Å²) in [4.78, 5) is 24.3. The fourth-order valence-corrected chi connectivity index (χ4v) is 1.95. The molecule has 1 saturated heterocycles. The summed E-state index contributed by atoms with van der Waals surface area (Å²) in [5, 5.41) is 9.81. The second kappa shape index (κ2) is 6.34. The van der Waals surface area contributed by atoms with E-state index in [-0.39, 0.29) is 19.1 Å². The van der Waals surface area contributed by atoms with Crippen LogP contribution in [0, 0.1) is 0 Å². The van der Waals surface area contributed by atoms with Crippen molar-refractivity contribution in [3.63, 3.8) is 0 Å². The molecule has 1 heterocycles. The Morgan fingerprint density at radius 1 is 1.50 bits per heavy atom. The Kier molecular flexibility index (Phi) is 4.53. The summed E-state index contributed by atoms with van der Waals surface area (Å²) < 4.78 is 4.87. The second-order valence-corrected chi connectivity index (χ2v) is 4.74. The van der Waals surface area contributed by atoms with Crippen molar-refractivity contribution in [2.75, 3.05) is 6.54 Å². The fourth-order valence-electron chi connectivity index (χ4n) is 1.95. The van der Waals surface area contributed by atoms with Gasteiger partial charge in [0, 0.05) is 0 Å². The van der Waals surface area contributed by atoms with Crippen LogP contribution in [-0.2, 0) is 9.53 Å². The Balaban J connectivity index is 1.88. The summed E-state index contributed by atoms with van der Waals surface area (Å²) in [6, 6.07) is 9.46. The summed E-state index contributed by atoms with van der Waals surface area (Å²) >= 11 is 0. The SMILES string of the molecule is CC1CN(C(=O)CC(O)/C=C/c2ccccc2)C(=O)O1. The topological polar surface area (TPSA) is 66.8 Å². The third-order valence-corrected chi connectivity index (χ3v) is 2.96. The number of hydrogen-bond acceptors (Lipinski definition) is 4. The van der Waals surface area contributed by atoms with Crippen molar-refractivity contribution in [2.24, 2.45) is 0 Å². The van der Waals surface area contributed by atoms with Crippen LogP contribution in [-0.4, -0.2) is 40.8 Å². The second-order valence-electron chi connectivity index (χ2n) is 4.74. The molecule has 1 fully saturated rings. The number of aliphatic hydroxyl groups excluding tert-OH is 1. The molecule has 1 aromatic rings. The van der Waals surface area contributed by atoms with Crippen LogP contribution in [0.1, 0.15) is 18.9 Å². The molecular weight excluding hydrogens is 258 g/mol. The summed E-state index contributed by atoms with van der Waals surface area (Å²) in [6.07, 6.45) is 1.29. The summed E-state index contributed by atoms with van der Waals surface area (Å²) in [5.41, 5.74) is 0.938. The minimum absolute atomic E-state index is 0.134. The number of hydrogen-bond donors (Lipinski definition) is 1. The van der Waals surface area contributed by atoms with Crippen molar-refractivity contribution in [3.05, 3.63) is 42.0 Å². The van der Waals surface area contributed by atoms with Crippen LogP contribution < -0.4 is 0 Å². The maximum absolute atomic E-state index is 11.9. The van der Waals surface area contributed by atoms with E-state index in [0.29, 0.717) is 0 Å². The standard InChI is InChI=1S/C15H17NO4/c1-11-10-16(15(19)20-11)14(18)9-13(17)8-7-12-5-3-2-4-6-12/h2-8,11,13,17H,9-10H2,1H3/b8-7+. The molecule has 0 aliphatic carbocycles. The first-order chi connectivity index (χ1) is 9.56. The molecule has 0 aromatic heterocycles. The normalized spacial score (nSPS) is 20.2. The lowest BCUT2D eigenvalue weighted by Gasteiger charge is -2.12. The van der Waals surface area contributed by atoms with Gasteiger partial charge < -0.3 is 9.84 Å². The number of amides is 2. The number of carbonyl (C=O) groups excluding carboxylic acids is 2. The largest absolute Gasteiger partial charge is 0.444 e. The maximum atomic E-state index is 11.9. The number of aliphatic hydroxyl groups is 1. The zero-order valence-electron chi connectivity index (χ0n) is 11.2. The van der Waals surface area contributed by atoms with Gasteiger partial charge in [-0.15, -0.1) is 0 Å². The van der Waals surface area contributed by atoms with E-state index in [1.165, 1.54) is 6.08 Å². The molecule has 0 spiro atoms. The predicted octanol–water partition coefficient (Wildman–Crippen LogP) is 1.82. The van der Waals surface area contributed by atoms with E-state index in [1.807, 2.05) is 30.3 Å². The van der Waals surface area contributed by atoms with Crippen LogP contribution in [0.25, 0.3) is 6.08 Å². The minimum Gasteiger partial charge on any atom is -0.444 e. The summed E-state index contributed by atoms with van der Waals surface area (Å²) in [7, 11) is 0. The van der Waals surface area contributed by atoms with E-state index in [2.05, 4.69) is 0 Å². The molecule has 1 aliphatic rings. The van der Waals surface area contributed by atoms with Crippen molar-refractivity contribution in [3.8, 4) is 0 Å². The molecule has 0 bridgehead atoms. The summed E-state index contributed by atoms with van der Waals surface area (Å²) in [6.45, 7) is 1.96. The van der Waals surface area contributed by atoms with E-state index >= 15 is 0 Å². The lowest BCUT2D eigenvalue weighted by atomic mass is 10.1.